The van der Waals surface area contributed by atoms with Gasteiger partial charge in [0.1, 0.15) is 0 Å². The zero-order valence-electron chi connectivity index (χ0n) is 7.67. The molecule has 1 rings (SSSR count). The molecule has 1 aromatic heterocycles. The minimum Gasteiger partial charge on any atom is -0.340 e. The summed E-state index contributed by atoms with van der Waals surface area (Å²) in [7, 11) is 0. The molecule has 0 fully saturated rings. The smallest absolute Gasteiger partial charge is 0.223 e. The predicted molar refractivity (Wildman–Crippen MR) is 50.4 cm³/mol. The molecule has 1 N–H and O–H groups in total. The van der Waals surface area contributed by atoms with Gasteiger partial charge in [-0.05, 0) is 12.5 Å². The van der Waals surface area contributed by atoms with Crippen LogP contribution in [0.2, 0.25) is 0 Å². The standard InChI is InChI=1S/C8H12ClN3O/c1-6(3-9)4-10-5-8-11-7(2)13-12-8/h3,10H,4-5H2,1-2H3. The van der Waals surface area contributed by atoms with Gasteiger partial charge in [-0.1, -0.05) is 16.8 Å². The number of hydrogen-bond acceptors (Lipinski definition) is 4. The summed E-state index contributed by atoms with van der Waals surface area (Å²) in [5.74, 6) is 1.25. The molecular weight excluding hydrogens is 190 g/mol. The van der Waals surface area contributed by atoms with Crippen LogP contribution in [0.1, 0.15) is 18.6 Å². The van der Waals surface area contributed by atoms with Gasteiger partial charge in [0.05, 0.1) is 6.54 Å². The first-order valence-electron chi connectivity index (χ1n) is 3.98. The van der Waals surface area contributed by atoms with Gasteiger partial charge in [-0.2, -0.15) is 4.98 Å². The monoisotopic (exact) mass is 201 g/mol. The van der Waals surface area contributed by atoms with Gasteiger partial charge >= 0.3 is 0 Å². The minimum absolute atomic E-state index is 0.585. The van der Waals surface area contributed by atoms with E-state index in [4.69, 9.17) is 16.1 Å². The summed E-state index contributed by atoms with van der Waals surface area (Å²) in [6, 6.07) is 0. The van der Waals surface area contributed by atoms with Crippen molar-refractivity contribution in [1.29, 1.82) is 0 Å². The van der Waals surface area contributed by atoms with Gasteiger partial charge in [0.2, 0.25) is 5.89 Å². The van der Waals surface area contributed by atoms with Crippen LogP contribution in [0.25, 0.3) is 0 Å². The highest BCUT2D eigenvalue weighted by Gasteiger charge is 2.00. The first kappa shape index (κ1) is 10.2. The van der Waals surface area contributed by atoms with E-state index >= 15 is 0 Å². The van der Waals surface area contributed by atoms with E-state index in [1.165, 1.54) is 0 Å². The number of nitrogens with one attached hydrogen (secondary N) is 1. The van der Waals surface area contributed by atoms with Gasteiger partial charge < -0.3 is 9.84 Å². The highest BCUT2D eigenvalue weighted by Crippen LogP contribution is 1.96. The number of halogens is 1. The van der Waals surface area contributed by atoms with Gasteiger partial charge in [0.25, 0.3) is 0 Å². The van der Waals surface area contributed by atoms with Crippen molar-refractivity contribution in [3.05, 3.63) is 22.8 Å². The van der Waals surface area contributed by atoms with E-state index in [2.05, 4.69) is 15.5 Å². The molecule has 13 heavy (non-hydrogen) atoms. The number of rotatable bonds is 4. The van der Waals surface area contributed by atoms with Crippen LogP contribution in [0, 0.1) is 6.92 Å². The van der Waals surface area contributed by atoms with Crippen molar-refractivity contribution in [3.63, 3.8) is 0 Å². The number of nitrogens with zero attached hydrogens (tertiary/aromatic N) is 2. The van der Waals surface area contributed by atoms with Crippen LogP contribution in [0.3, 0.4) is 0 Å². The fraction of sp³-hybridized carbons (Fsp3) is 0.500. The van der Waals surface area contributed by atoms with Crippen LogP contribution >= 0.6 is 11.6 Å². The Morgan fingerprint density at radius 1 is 1.69 bits per heavy atom. The number of aromatic nitrogens is 2. The topological polar surface area (TPSA) is 51.0 Å². The van der Waals surface area contributed by atoms with Crippen LogP contribution < -0.4 is 5.32 Å². The fourth-order valence-electron chi connectivity index (χ4n) is 0.823. The highest BCUT2D eigenvalue weighted by molar-refractivity contribution is 6.25. The van der Waals surface area contributed by atoms with Crippen LogP contribution in [0.15, 0.2) is 15.6 Å². The lowest BCUT2D eigenvalue weighted by Crippen LogP contribution is -2.16. The summed E-state index contributed by atoms with van der Waals surface area (Å²) in [6.45, 7) is 5.04. The molecule has 0 bridgehead atoms. The van der Waals surface area contributed by atoms with Crippen molar-refractivity contribution in [1.82, 2.24) is 15.5 Å². The third-order valence-corrected chi connectivity index (χ3v) is 1.82. The number of hydrogen-bond donors (Lipinski definition) is 1. The van der Waals surface area contributed by atoms with Gasteiger partial charge in [-0.3, -0.25) is 0 Å². The molecule has 0 atom stereocenters. The number of aryl methyl sites for hydroxylation is 1. The van der Waals surface area contributed by atoms with E-state index < -0.39 is 0 Å². The Hall–Kier alpha value is -0.870. The Bertz CT molecular complexity index is 295. The molecule has 1 aromatic rings. The summed E-state index contributed by atoms with van der Waals surface area (Å²) in [5.41, 5.74) is 2.62. The molecule has 0 aliphatic heterocycles. The van der Waals surface area contributed by atoms with E-state index in [1.807, 2.05) is 6.92 Å². The summed E-state index contributed by atoms with van der Waals surface area (Å²) in [4.78, 5) is 4.04. The highest BCUT2D eigenvalue weighted by atomic mass is 35.5. The molecule has 0 saturated heterocycles. The molecule has 0 unspecified atom stereocenters. The molecule has 5 heteroatoms. The quantitative estimate of drug-likeness (QED) is 0.804. The van der Waals surface area contributed by atoms with Crippen molar-refractivity contribution in [2.45, 2.75) is 20.4 Å². The second-order valence-corrected chi connectivity index (χ2v) is 3.01. The predicted octanol–water partition coefficient (Wildman–Crippen LogP) is 1.61. The fourth-order valence-corrected chi connectivity index (χ4v) is 0.900. The Labute approximate surface area is 82.0 Å². The second-order valence-electron chi connectivity index (χ2n) is 2.79. The van der Waals surface area contributed by atoms with Gasteiger partial charge in [-0.15, -0.1) is 0 Å². The third kappa shape index (κ3) is 3.57. The Kier molecular flexibility index (Phi) is 3.92. The van der Waals surface area contributed by atoms with E-state index in [0.717, 1.165) is 12.1 Å². The Morgan fingerprint density at radius 2 is 2.46 bits per heavy atom. The molecule has 0 saturated carbocycles. The van der Waals surface area contributed by atoms with Gasteiger partial charge in [-0.25, -0.2) is 0 Å². The summed E-state index contributed by atoms with van der Waals surface area (Å²) in [6.07, 6.45) is 0. The minimum atomic E-state index is 0.585. The molecule has 72 valence electrons. The van der Waals surface area contributed by atoms with E-state index in [-0.39, 0.29) is 0 Å². The zero-order chi connectivity index (χ0) is 9.68. The summed E-state index contributed by atoms with van der Waals surface area (Å²) >= 11 is 5.49. The molecule has 0 amide bonds. The molecule has 0 aromatic carbocycles. The van der Waals surface area contributed by atoms with E-state index in [0.29, 0.717) is 18.3 Å². The molecule has 1 heterocycles. The van der Waals surface area contributed by atoms with Crippen molar-refractivity contribution in [2.75, 3.05) is 6.54 Å². The third-order valence-electron chi connectivity index (χ3n) is 1.44. The lowest BCUT2D eigenvalue weighted by atomic mass is 10.3. The van der Waals surface area contributed by atoms with Gasteiger partial charge in [0.15, 0.2) is 5.82 Å². The zero-order valence-corrected chi connectivity index (χ0v) is 8.43. The summed E-state index contributed by atoms with van der Waals surface area (Å²) in [5, 5.41) is 6.87. The Balaban J connectivity index is 2.28. The average molecular weight is 202 g/mol. The van der Waals surface area contributed by atoms with Gasteiger partial charge in [0, 0.05) is 19.0 Å². The van der Waals surface area contributed by atoms with Crippen LogP contribution in [-0.4, -0.2) is 16.7 Å². The Morgan fingerprint density at radius 3 is 3.00 bits per heavy atom. The maximum absolute atomic E-state index is 5.49. The molecule has 4 nitrogen and oxygen atoms in total. The molecule has 0 aliphatic rings. The van der Waals surface area contributed by atoms with Crippen molar-refractivity contribution in [3.8, 4) is 0 Å². The van der Waals surface area contributed by atoms with Crippen molar-refractivity contribution in [2.24, 2.45) is 0 Å². The van der Waals surface area contributed by atoms with E-state index in [9.17, 15) is 0 Å². The maximum atomic E-state index is 5.49. The SMILES string of the molecule is CC(=CCl)CNCc1noc(C)n1. The summed E-state index contributed by atoms with van der Waals surface area (Å²) < 4.78 is 4.81. The normalized spacial score (nSPS) is 12.1. The lowest BCUT2D eigenvalue weighted by molar-refractivity contribution is 0.386. The first-order chi connectivity index (χ1) is 6.22. The molecular formula is C8H12ClN3O. The maximum Gasteiger partial charge on any atom is 0.223 e. The van der Waals surface area contributed by atoms with Crippen LogP contribution in [0.4, 0.5) is 0 Å². The molecule has 0 spiro atoms. The second kappa shape index (κ2) is 4.99. The molecule has 0 radical (unpaired) electrons. The van der Waals surface area contributed by atoms with E-state index in [1.54, 1.807) is 12.5 Å². The van der Waals surface area contributed by atoms with Crippen LogP contribution in [0.5, 0.6) is 0 Å². The average Bonchev–Trinajstić information content (AvgIpc) is 2.51. The van der Waals surface area contributed by atoms with Crippen molar-refractivity contribution >= 4 is 11.6 Å². The first-order valence-corrected chi connectivity index (χ1v) is 4.42. The molecule has 0 aliphatic carbocycles. The van der Waals surface area contributed by atoms with Crippen LogP contribution in [-0.2, 0) is 6.54 Å². The van der Waals surface area contributed by atoms with Crippen molar-refractivity contribution < 1.29 is 4.52 Å². The lowest BCUT2D eigenvalue weighted by Gasteiger charge is -1.99. The largest absolute Gasteiger partial charge is 0.340 e.